The van der Waals surface area contributed by atoms with E-state index >= 15 is 0 Å². The highest BCUT2D eigenvalue weighted by Gasteiger charge is 2.19. The second-order valence-electron chi connectivity index (χ2n) is 18.2. The molecule has 0 aliphatic rings. The van der Waals surface area contributed by atoms with Gasteiger partial charge in [-0.05, 0) is 89.9 Å². The third kappa shape index (κ3) is 51.7. The van der Waals surface area contributed by atoms with E-state index in [2.05, 4.69) is 93.7 Å². The van der Waals surface area contributed by atoms with Gasteiger partial charge in [0.05, 0.1) is 0 Å². The average molecular weight is 907 g/mol. The highest BCUT2D eigenvalue weighted by molar-refractivity contribution is 5.71. The maximum atomic E-state index is 12.8. The molecule has 0 heterocycles. The van der Waals surface area contributed by atoms with Gasteiger partial charge in [0.25, 0.3) is 0 Å². The third-order valence-electron chi connectivity index (χ3n) is 11.7. The predicted octanol–water partition coefficient (Wildman–Crippen LogP) is 18.2. The van der Waals surface area contributed by atoms with Crippen LogP contribution >= 0.6 is 0 Å². The Balaban J connectivity index is 4.38. The van der Waals surface area contributed by atoms with Crippen LogP contribution in [-0.2, 0) is 28.6 Å². The second-order valence-corrected chi connectivity index (χ2v) is 18.2. The molecule has 0 spiro atoms. The molecule has 0 bridgehead atoms. The molecule has 0 amide bonds. The van der Waals surface area contributed by atoms with E-state index in [9.17, 15) is 14.4 Å². The fraction of sp³-hybridized carbons (Fsp3) is 0.746. The number of carbonyl (C=O) groups is 3. The Morgan fingerprint density at radius 3 is 0.985 bits per heavy atom. The number of carbonyl (C=O) groups excluding carboxylic acids is 3. The molecule has 0 aromatic heterocycles. The van der Waals surface area contributed by atoms with Gasteiger partial charge in [-0.3, -0.25) is 14.4 Å². The number of unbranched alkanes of at least 4 members (excludes halogenated alkanes) is 29. The fourth-order valence-electron chi connectivity index (χ4n) is 7.55. The lowest BCUT2D eigenvalue weighted by Gasteiger charge is -2.18. The van der Waals surface area contributed by atoms with Crippen LogP contribution in [0.4, 0.5) is 0 Å². The SMILES string of the molecule is CCCC/C=C\CCCCCCC(=O)OCC(COC(=O)CCCCCCCCC/C=C\CCCCCCCCCC)OC(=O)CCCCCCC\C=C/C=C\C=C/C=C\CCCCC. The van der Waals surface area contributed by atoms with Crippen LogP contribution in [0.5, 0.6) is 0 Å². The lowest BCUT2D eigenvalue weighted by atomic mass is 10.1. The standard InChI is InChI=1S/C59H102O6/c1-4-7-10-13-16-19-22-24-26-28-30-32-33-35-37-40-43-46-49-52-58(61)64-55-56(54-63-57(60)51-48-45-42-39-21-18-15-12-9-6-3)65-59(62)53-50-47-44-41-38-36-34-31-29-27-25-23-20-17-14-11-8-5-2/h15,17-18,20,23,25,27-31,34,56H,4-14,16,19,21-22,24,26,32-33,35-55H2,1-3H3/b18-15-,20-17-,25-23-,29-27-,30-28-,34-31-. The minimum Gasteiger partial charge on any atom is -0.462 e. The van der Waals surface area contributed by atoms with Crippen LogP contribution in [0, 0.1) is 0 Å². The average Bonchev–Trinajstić information content (AvgIpc) is 3.30. The van der Waals surface area contributed by atoms with Crippen molar-refractivity contribution in [3.05, 3.63) is 72.9 Å². The van der Waals surface area contributed by atoms with E-state index in [1.807, 2.05) is 0 Å². The van der Waals surface area contributed by atoms with E-state index in [-0.39, 0.29) is 31.1 Å². The molecule has 0 rings (SSSR count). The topological polar surface area (TPSA) is 78.9 Å². The number of hydrogen-bond acceptors (Lipinski definition) is 6. The summed E-state index contributed by atoms with van der Waals surface area (Å²) in [5, 5.41) is 0. The Hall–Kier alpha value is -3.15. The number of esters is 3. The second kappa shape index (κ2) is 53.5. The van der Waals surface area contributed by atoms with Crippen molar-refractivity contribution in [1.82, 2.24) is 0 Å². The van der Waals surface area contributed by atoms with Crippen molar-refractivity contribution >= 4 is 17.9 Å². The highest BCUT2D eigenvalue weighted by atomic mass is 16.6. The van der Waals surface area contributed by atoms with Gasteiger partial charge in [-0.2, -0.15) is 0 Å². The van der Waals surface area contributed by atoms with Gasteiger partial charge in [-0.1, -0.05) is 229 Å². The molecule has 0 saturated carbocycles. The highest BCUT2D eigenvalue weighted by Crippen LogP contribution is 2.14. The molecule has 1 atom stereocenters. The molecular weight excluding hydrogens is 805 g/mol. The summed E-state index contributed by atoms with van der Waals surface area (Å²) in [6, 6.07) is 0. The van der Waals surface area contributed by atoms with Crippen molar-refractivity contribution in [2.45, 2.75) is 271 Å². The molecule has 0 aromatic carbocycles. The van der Waals surface area contributed by atoms with Crippen LogP contribution < -0.4 is 0 Å². The van der Waals surface area contributed by atoms with E-state index < -0.39 is 6.10 Å². The molecule has 374 valence electrons. The van der Waals surface area contributed by atoms with E-state index in [1.54, 1.807) is 0 Å². The minimum atomic E-state index is -0.793. The fourth-order valence-corrected chi connectivity index (χ4v) is 7.55. The van der Waals surface area contributed by atoms with E-state index in [4.69, 9.17) is 14.2 Å². The zero-order valence-corrected chi connectivity index (χ0v) is 42.7. The van der Waals surface area contributed by atoms with E-state index in [1.165, 1.54) is 122 Å². The van der Waals surface area contributed by atoms with Gasteiger partial charge in [0.15, 0.2) is 6.10 Å². The number of allylic oxidation sites excluding steroid dienone is 12. The third-order valence-corrected chi connectivity index (χ3v) is 11.7. The molecule has 65 heavy (non-hydrogen) atoms. The first-order chi connectivity index (χ1) is 32.0. The van der Waals surface area contributed by atoms with Gasteiger partial charge < -0.3 is 14.2 Å². The first kappa shape index (κ1) is 61.9. The molecule has 0 aliphatic carbocycles. The molecule has 0 aromatic rings. The van der Waals surface area contributed by atoms with E-state index in [0.29, 0.717) is 19.3 Å². The summed E-state index contributed by atoms with van der Waals surface area (Å²) in [4.78, 5) is 38.0. The van der Waals surface area contributed by atoms with E-state index in [0.717, 1.165) is 103 Å². The summed E-state index contributed by atoms with van der Waals surface area (Å²) >= 11 is 0. The monoisotopic (exact) mass is 907 g/mol. The number of rotatable bonds is 49. The Kier molecular flexibility index (Phi) is 50.9. The minimum absolute atomic E-state index is 0.0909. The quantitative estimate of drug-likeness (QED) is 0.0199. The Labute approximate surface area is 402 Å². The summed E-state index contributed by atoms with van der Waals surface area (Å²) < 4.78 is 16.8. The lowest BCUT2D eigenvalue weighted by Crippen LogP contribution is -2.30. The molecule has 0 aliphatic heterocycles. The van der Waals surface area contributed by atoms with Crippen LogP contribution in [0.1, 0.15) is 265 Å². The van der Waals surface area contributed by atoms with Crippen molar-refractivity contribution in [2.24, 2.45) is 0 Å². The van der Waals surface area contributed by atoms with Crippen LogP contribution in [-0.4, -0.2) is 37.2 Å². The molecular formula is C59H102O6. The summed E-state index contributed by atoms with van der Waals surface area (Å²) in [5.74, 6) is -0.928. The molecule has 6 heteroatoms. The van der Waals surface area contributed by atoms with Crippen molar-refractivity contribution in [3.8, 4) is 0 Å². The van der Waals surface area contributed by atoms with Gasteiger partial charge in [0, 0.05) is 19.3 Å². The Morgan fingerprint density at radius 1 is 0.308 bits per heavy atom. The Morgan fingerprint density at radius 2 is 0.585 bits per heavy atom. The molecule has 0 radical (unpaired) electrons. The lowest BCUT2D eigenvalue weighted by molar-refractivity contribution is -0.167. The normalized spacial score (nSPS) is 12.6. The van der Waals surface area contributed by atoms with Gasteiger partial charge in [-0.25, -0.2) is 0 Å². The number of ether oxygens (including phenoxy) is 3. The molecule has 0 N–H and O–H groups in total. The van der Waals surface area contributed by atoms with Crippen LogP contribution in [0.2, 0.25) is 0 Å². The molecule has 0 saturated heterocycles. The van der Waals surface area contributed by atoms with Gasteiger partial charge in [0.1, 0.15) is 13.2 Å². The van der Waals surface area contributed by atoms with Crippen LogP contribution in [0.3, 0.4) is 0 Å². The van der Waals surface area contributed by atoms with Gasteiger partial charge in [-0.15, -0.1) is 0 Å². The number of hydrogen-bond donors (Lipinski definition) is 0. The summed E-state index contributed by atoms with van der Waals surface area (Å²) in [7, 11) is 0. The predicted molar refractivity (Wildman–Crippen MR) is 279 cm³/mol. The first-order valence-electron chi connectivity index (χ1n) is 27.5. The zero-order chi connectivity index (χ0) is 47.2. The van der Waals surface area contributed by atoms with Crippen molar-refractivity contribution in [2.75, 3.05) is 13.2 Å². The summed E-state index contributed by atoms with van der Waals surface area (Å²) in [5.41, 5.74) is 0. The summed E-state index contributed by atoms with van der Waals surface area (Å²) in [6.45, 7) is 6.53. The van der Waals surface area contributed by atoms with Crippen molar-refractivity contribution in [1.29, 1.82) is 0 Å². The maximum absolute atomic E-state index is 12.8. The van der Waals surface area contributed by atoms with Crippen molar-refractivity contribution < 1.29 is 28.6 Å². The van der Waals surface area contributed by atoms with Gasteiger partial charge in [0.2, 0.25) is 0 Å². The molecule has 6 nitrogen and oxygen atoms in total. The van der Waals surface area contributed by atoms with Crippen LogP contribution in [0.25, 0.3) is 0 Å². The van der Waals surface area contributed by atoms with Crippen LogP contribution in [0.15, 0.2) is 72.9 Å². The summed E-state index contributed by atoms with van der Waals surface area (Å²) in [6.07, 6.45) is 67.4. The first-order valence-corrected chi connectivity index (χ1v) is 27.5. The maximum Gasteiger partial charge on any atom is 0.306 e. The molecule has 0 fully saturated rings. The Bertz CT molecular complexity index is 1230. The molecule has 1 unspecified atom stereocenters. The van der Waals surface area contributed by atoms with Crippen molar-refractivity contribution in [3.63, 3.8) is 0 Å². The smallest absolute Gasteiger partial charge is 0.306 e. The zero-order valence-electron chi connectivity index (χ0n) is 42.7. The van der Waals surface area contributed by atoms with Gasteiger partial charge >= 0.3 is 17.9 Å². The largest absolute Gasteiger partial charge is 0.462 e.